The molecule has 0 atom stereocenters. The van der Waals surface area contributed by atoms with Crippen LogP contribution in [0.5, 0.6) is 0 Å². The monoisotopic (exact) mass is 144 g/mol. The van der Waals surface area contributed by atoms with Gasteiger partial charge in [0.2, 0.25) is 0 Å². The van der Waals surface area contributed by atoms with Crippen LogP contribution in [0.3, 0.4) is 0 Å². The Morgan fingerprint density at radius 3 is 2.12 bits per heavy atom. The summed E-state index contributed by atoms with van der Waals surface area (Å²) in [6.07, 6.45) is 4.53. The third-order valence-electron chi connectivity index (χ3n) is 0.266. The molecule has 0 aromatic carbocycles. The molecule has 0 radical (unpaired) electrons. The van der Waals surface area contributed by atoms with Gasteiger partial charge in [-0.05, 0) is 0 Å². The summed E-state index contributed by atoms with van der Waals surface area (Å²) in [6.45, 7) is 0. The first kappa shape index (κ1) is 11.3. The Kier molecular flexibility index (Phi) is 6.15. The van der Waals surface area contributed by atoms with Gasteiger partial charge in [-0.15, -0.1) is 6.42 Å². The van der Waals surface area contributed by atoms with Crippen molar-refractivity contribution in [1.29, 1.82) is 0 Å². The maximum Gasteiger partial charge on any atom is 1.00 e. The van der Waals surface area contributed by atoms with Crippen LogP contribution in [0, 0.1) is 12.3 Å². The van der Waals surface area contributed by atoms with Gasteiger partial charge < -0.3 is 1.43 Å². The SMILES string of the molecule is C#CCS(=O)(=O)O.[H-].[Na+]. The van der Waals surface area contributed by atoms with E-state index in [9.17, 15) is 8.42 Å². The van der Waals surface area contributed by atoms with E-state index in [-0.39, 0.29) is 31.0 Å². The molecule has 1 N–H and O–H groups in total. The average molecular weight is 144 g/mol. The van der Waals surface area contributed by atoms with Crippen molar-refractivity contribution in [2.75, 3.05) is 5.75 Å². The summed E-state index contributed by atoms with van der Waals surface area (Å²) in [5.41, 5.74) is 0. The van der Waals surface area contributed by atoms with E-state index in [1.807, 2.05) is 0 Å². The van der Waals surface area contributed by atoms with Crippen molar-refractivity contribution in [2.24, 2.45) is 0 Å². The maximum absolute atomic E-state index is 9.64. The van der Waals surface area contributed by atoms with Crippen LogP contribution >= 0.6 is 0 Å². The second kappa shape index (κ2) is 4.36. The van der Waals surface area contributed by atoms with Crippen molar-refractivity contribution in [1.82, 2.24) is 0 Å². The second-order valence-electron chi connectivity index (χ2n) is 0.930. The van der Waals surface area contributed by atoms with E-state index in [2.05, 4.69) is 6.42 Å². The minimum Gasteiger partial charge on any atom is -1.00 e. The molecule has 0 bridgehead atoms. The van der Waals surface area contributed by atoms with Gasteiger partial charge in [0.15, 0.2) is 0 Å². The van der Waals surface area contributed by atoms with Gasteiger partial charge in [0.25, 0.3) is 10.1 Å². The molecule has 0 rings (SSSR count). The molecular weight excluding hydrogens is 139 g/mol. The first-order valence-corrected chi connectivity index (χ1v) is 3.06. The molecule has 0 aliphatic rings. The largest absolute Gasteiger partial charge is 1.00 e. The molecule has 0 aromatic heterocycles. The first-order chi connectivity index (χ1) is 3.06. The Balaban J connectivity index is -0.000000180. The molecule has 0 spiro atoms. The molecule has 0 aromatic rings. The van der Waals surface area contributed by atoms with Crippen LogP contribution < -0.4 is 29.6 Å². The van der Waals surface area contributed by atoms with E-state index < -0.39 is 15.9 Å². The Morgan fingerprint density at radius 1 is 1.75 bits per heavy atom. The predicted molar refractivity (Wildman–Crippen MR) is 26.4 cm³/mol. The topological polar surface area (TPSA) is 54.4 Å². The molecule has 0 aliphatic heterocycles. The van der Waals surface area contributed by atoms with Gasteiger partial charge in [-0.1, -0.05) is 5.92 Å². The second-order valence-corrected chi connectivity index (χ2v) is 2.38. The predicted octanol–water partition coefficient (Wildman–Crippen LogP) is -3.38. The van der Waals surface area contributed by atoms with Crippen LogP contribution in [0.4, 0.5) is 0 Å². The summed E-state index contributed by atoms with van der Waals surface area (Å²) in [6, 6.07) is 0. The van der Waals surface area contributed by atoms with Crippen LogP contribution in [0.1, 0.15) is 1.43 Å². The molecular formula is C3H5NaO3S. The van der Waals surface area contributed by atoms with Gasteiger partial charge in [-0.2, -0.15) is 8.42 Å². The van der Waals surface area contributed by atoms with Gasteiger partial charge in [0.1, 0.15) is 5.75 Å². The van der Waals surface area contributed by atoms with Crippen molar-refractivity contribution in [3.05, 3.63) is 0 Å². The van der Waals surface area contributed by atoms with Crippen LogP contribution in [0.15, 0.2) is 0 Å². The third-order valence-corrected chi connectivity index (χ3v) is 0.797. The smallest absolute Gasteiger partial charge is 1.00 e. The van der Waals surface area contributed by atoms with Gasteiger partial charge in [-0.3, -0.25) is 4.55 Å². The Labute approximate surface area is 72.0 Å². The van der Waals surface area contributed by atoms with Crippen molar-refractivity contribution in [2.45, 2.75) is 0 Å². The van der Waals surface area contributed by atoms with Crippen LogP contribution in [-0.2, 0) is 10.1 Å². The van der Waals surface area contributed by atoms with E-state index in [1.54, 1.807) is 5.92 Å². The Bertz CT molecular complexity index is 180. The maximum atomic E-state index is 9.64. The molecule has 0 aliphatic carbocycles. The van der Waals surface area contributed by atoms with Crippen molar-refractivity contribution >= 4 is 10.1 Å². The zero-order valence-corrected chi connectivity index (χ0v) is 7.27. The van der Waals surface area contributed by atoms with Crippen molar-refractivity contribution in [3.63, 3.8) is 0 Å². The van der Waals surface area contributed by atoms with Crippen LogP contribution in [-0.4, -0.2) is 18.7 Å². The number of rotatable bonds is 1. The Morgan fingerprint density at radius 2 is 2.12 bits per heavy atom. The molecule has 42 valence electrons. The molecule has 5 heteroatoms. The van der Waals surface area contributed by atoms with E-state index in [0.29, 0.717) is 0 Å². The standard InChI is InChI=1S/C3H4O3S.Na.H/c1-2-3-7(4,5)6;;/h1H,3H2,(H,4,5,6);;/q;+1;-1. The first-order valence-electron chi connectivity index (χ1n) is 1.45. The van der Waals surface area contributed by atoms with Gasteiger partial charge in [0.05, 0.1) is 0 Å². The zero-order chi connectivity index (χ0) is 5.91. The molecule has 0 heterocycles. The van der Waals surface area contributed by atoms with Crippen LogP contribution in [0.2, 0.25) is 0 Å². The van der Waals surface area contributed by atoms with Crippen molar-refractivity contribution in [3.8, 4) is 12.3 Å². The molecule has 0 saturated carbocycles. The molecule has 0 amide bonds. The fourth-order valence-corrected chi connectivity index (χ4v) is 0.316. The van der Waals surface area contributed by atoms with Gasteiger partial charge in [0, 0.05) is 0 Å². The molecule has 8 heavy (non-hydrogen) atoms. The Hall–Kier alpha value is 0.470. The fourth-order valence-electron chi connectivity index (χ4n) is 0.105. The van der Waals surface area contributed by atoms with Crippen molar-refractivity contribution < 1.29 is 44.0 Å². The minimum atomic E-state index is -3.91. The summed E-state index contributed by atoms with van der Waals surface area (Å²) >= 11 is 0. The van der Waals surface area contributed by atoms with Gasteiger partial charge >= 0.3 is 29.6 Å². The minimum absolute atomic E-state index is 0. The molecule has 3 nitrogen and oxygen atoms in total. The third kappa shape index (κ3) is 9.69. The molecule has 0 unspecified atom stereocenters. The quantitative estimate of drug-likeness (QED) is 0.237. The summed E-state index contributed by atoms with van der Waals surface area (Å²) < 4.78 is 27.1. The van der Waals surface area contributed by atoms with E-state index in [0.717, 1.165) is 0 Å². The zero-order valence-electron chi connectivity index (χ0n) is 5.46. The molecule has 0 fully saturated rings. The fraction of sp³-hybridized carbons (Fsp3) is 0.333. The summed E-state index contributed by atoms with van der Waals surface area (Å²) in [5, 5.41) is 0. The average Bonchev–Trinajstić information content (AvgIpc) is 1.30. The molecule has 0 saturated heterocycles. The van der Waals surface area contributed by atoms with Crippen LogP contribution in [0.25, 0.3) is 0 Å². The number of terminal acetylenes is 1. The summed E-state index contributed by atoms with van der Waals surface area (Å²) in [5.74, 6) is 1.17. The van der Waals surface area contributed by atoms with E-state index >= 15 is 0 Å². The number of hydrogen-bond acceptors (Lipinski definition) is 2. The van der Waals surface area contributed by atoms with E-state index in [1.165, 1.54) is 0 Å². The summed E-state index contributed by atoms with van der Waals surface area (Å²) in [4.78, 5) is 0. The summed E-state index contributed by atoms with van der Waals surface area (Å²) in [7, 11) is -3.91. The number of hydrogen-bond donors (Lipinski definition) is 1. The van der Waals surface area contributed by atoms with Gasteiger partial charge in [-0.25, -0.2) is 0 Å². The normalized spacial score (nSPS) is 9.00. The van der Waals surface area contributed by atoms with E-state index in [4.69, 9.17) is 4.55 Å².